The van der Waals surface area contributed by atoms with E-state index in [1.165, 1.54) is 26.0 Å². The summed E-state index contributed by atoms with van der Waals surface area (Å²) >= 11 is 0. The van der Waals surface area contributed by atoms with Crippen molar-refractivity contribution in [1.82, 2.24) is 0 Å². The van der Waals surface area contributed by atoms with Crippen LogP contribution in [0.25, 0.3) is 0 Å². The van der Waals surface area contributed by atoms with E-state index in [9.17, 15) is 8.78 Å². The first kappa shape index (κ1) is 6.27. The van der Waals surface area contributed by atoms with E-state index in [0.29, 0.717) is 0 Å². The molecule has 1 aromatic carbocycles. The maximum Gasteiger partial charge on any atom is 0.147 e. The van der Waals surface area contributed by atoms with Crippen molar-refractivity contribution in [3.8, 4) is 0 Å². The van der Waals surface area contributed by atoms with E-state index in [0.717, 1.165) is 0 Å². The fraction of sp³-hybridized carbons (Fsp3) is 0. The van der Waals surface area contributed by atoms with Crippen molar-refractivity contribution >= 4 is 13.3 Å². The second kappa shape index (κ2) is 2.17. The van der Waals surface area contributed by atoms with E-state index in [1.807, 2.05) is 0 Å². The molecule has 0 aromatic heterocycles. The third kappa shape index (κ3) is 1.09. The summed E-state index contributed by atoms with van der Waals surface area (Å²) in [5, 5.41) is 0. The maximum atomic E-state index is 12.3. The highest BCUT2D eigenvalue weighted by molar-refractivity contribution is 6.32. The lowest BCUT2D eigenvalue weighted by Gasteiger charge is -1.94. The van der Waals surface area contributed by atoms with Crippen molar-refractivity contribution < 1.29 is 8.78 Å². The van der Waals surface area contributed by atoms with Crippen LogP contribution in [0.2, 0.25) is 0 Å². The van der Waals surface area contributed by atoms with Gasteiger partial charge in [-0.2, -0.15) is 0 Å². The van der Waals surface area contributed by atoms with Crippen LogP contribution in [0.1, 0.15) is 0 Å². The lowest BCUT2D eigenvalue weighted by molar-refractivity contribution is 0.598. The summed E-state index contributed by atoms with van der Waals surface area (Å²) in [7, 11) is 1.41. The molecule has 0 aliphatic carbocycles. The highest BCUT2D eigenvalue weighted by atomic mass is 19.1. The summed E-state index contributed by atoms with van der Waals surface area (Å²) in [6.07, 6.45) is 0. The Balaban J connectivity index is 3.25. The lowest BCUT2D eigenvalue weighted by Crippen LogP contribution is -2.12. The molecule has 0 aliphatic heterocycles. The van der Waals surface area contributed by atoms with Crippen molar-refractivity contribution in [3.05, 3.63) is 29.8 Å². The van der Waals surface area contributed by atoms with Gasteiger partial charge in [0.15, 0.2) is 0 Å². The second-order valence-corrected chi connectivity index (χ2v) is 1.85. The predicted octanol–water partition coefficient (Wildman–Crippen LogP) is 0.223. The molecule has 0 spiro atoms. The van der Waals surface area contributed by atoms with Crippen molar-refractivity contribution in [2.24, 2.45) is 0 Å². The van der Waals surface area contributed by atoms with Crippen molar-refractivity contribution in [1.29, 1.82) is 0 Å². The summed E-state index contributed by atoms with van der Waals surface area (Å²) in [4.78, 5) is 0. The van der Waals surface area contributed by atoms with Gasteiger partial charge in [-0.25, -0.2) is 8.78 Å². The molecular formula is C6H5BF2. The normalized spacial score (nSPS) is 9.56. The molecule has 1 rings (SSSR count). The zero-order valence-electron chi connectivity index (χ0n) is 4.99. The zero-order chi connectivity index (χ0) is 6.85. The summed E-state index contributed by atoms with van der Waals surface area (Å²) < 4.78 is 24.7. The first-order valence-corrected chi connectivity index (χ1v) is 2.62. The summed E-state index contributed by atoms with van der Waals surface area (Å²) in [5.74, 6) is -0.981. The smallest absolute Gasteiger partial charge is 0.147 e. The fourth-order valence-corrected chi connectivity index (χ4v) is 0.581. The van der Waals surface area contributed by atoms with E-state index in [4.69, 9.17) is 0 Å². The van der Waals surface area contributed by atoms with Crippen LogP contribution in [-0.2, 0) is 0 Å². The molecule has 0 amide bonds. The Hall–Kier alpha value is -0.855. The van der Waals surface area contributed by atoms with Crippen LogP contribution in [-0.4, -0.2) is 7.85 Å². The topological polar surface area (TPSA) is 0 Å². The summed E-state index contributed by atoms with van der Waals surface area (Å²) in [5.41, 5.74) is 0.0810. The van der Waals surface area contributed by atoms with E-state index < -0.39 is 11.6 Å². The molecule has 0 saturated heterocycles. The minimum absolute atomic E-state index is 0.0810. The zero-order valence-corrected chi connectivity index (χ0v) is 4.99. The van der Waals surface area contributed by atoms with Gasteiger partial charge in [-0.05, 0) is 17.6 Å². The Morgan fingerprint density at radius 2 is 1.56 bits per heavy atom. The number of benzene rings is 1. The van der Waals surface area contributed by atoms with Gasteiger partial charge in [0.25, 0.3) is 0 Å². The molecule has 0 N–H and O–H groups in total. The SMILES string of the molecule is Bc1c(F)cccc1F. The average Bonchev–Trinajstić information content (AvgIpc) is 1.83. The van der Waals surface area contributed by atoms with Gasteiger partial charge in [-0.15, -0.1) is 0 Å². The van der Waals surface area contributed by atoms with Crippen LogP contribution >= 0.6 is 0 Å². The Kier molecular flexibility index (Phi) is 1.51. The Morgan fingerprint density at radius 1 is 1.11 bits per heavy atom. The molecule has 9 heavy (non-hydrogen) atoms. The van der Waals surface area contributed by atoms with E-state index in [1.54, 1.807) is 0 Å². The van der Waals surface area contributed by atoms with Crippen LogP contribution < -0.4 is 5.46 Å². The minimum Gasteiger partial charge on any atom is -0.208 e. The molecule has 0 atom stereocenters. The van der Waals surface area contributed by atoms with E-state index in [2.05, 4.69) is 0 Å². The van der Waals surface area contributed by atoms with Gasteiger partial charge in [0, 0.05) is 0 Å². The summed E-state index contributed by atoms with van der Waals surface area (Å²) in [6.45, 7) is 0. The van der Waals surface area contributed by atoms with Crippen LogP contribution in [0.4, 0.5) is 8.78 Å². The first-order valence-electron chi connectivity index (χ1n) is 2.62. The van der Waals surface area contributed by atoms with Crippen molar-refractivity contribution in [3.63, 3.8) is 0 Å². The number of halogens is 2. The van der Waals surface area contributed by atoms with E-state index >= 15 is 0 Å². The molecule has 0 aliphatic rings. The molecule has 0 nitrogen and oxygen atoms in total. The van der Waals surface area contributed by atoms with Crippen LogP contribution in [0.3, 0.4) is 0 Å². The predicted molar refractivity (Wildman–Crippen MR) is 34.5 cm³/mol. The largest absolute Gasteiger partial charge is 0.208 e. The van der Waals surface area contributed by atoms with Gasteiger partial charge >= 0.3 is 0 Å². The van der Waals surface area contributed by atoms with E-state index in [-0.39, 0.29) is 5.46 Å². The molecule has 0 radical (unpaired) electrons. The lowest BCUT2D eigenvalue weighted by atomic mass is 9.95. The maximum absolute atomic E-state index is 12.3. The van der Waals surface area contributed by atoms with Gasteiger partial charge in [-0.1, -0.05) is 6.07 Å². The Bertz CT molecular complexity index is 202. The van der Waals surface area contributed by atoms with Crippen LogP contribution in [0, 0.1) is 11.6 Å². The van der Waals surface area contributed by atoms with Crippen molar-refractivity contribution in [2.45, 2.75) is 0 Å². The fourth-order valence-electron chi connectivity index (χ4n) is 0.581. The molecule has 0 unspecified atom stereocenters. The van der Waals surface area contributed by atoms with Gasteiger partial charge in [0.2, 0.25) is 0 Å². The molecule has 0 saturated carbocycles. The quantitative estimate of drug-likeness (QED) is 0.436. The third-order valence-electron chi connectivity index (χ3n) is 1.20. The number of rotatable bonds is 0. The van der Waals surface area contributed by atoms with Gasteiger partial charge in [-0.3, -0.25) is 0 Å². The van der Waals surface area contributed by atoms with Gasteiger partial charge < -0.3 is 0 Å². The molecule has 0 fully saturated rings. The molecule has 46 valence electrons. The average molecular weight is 126 g/mol. The second-order valence-electron chi connectivity index (χ2n) is 1.85. The van der Waals surface area contributed by atoms with Crippen LogP contribution in [0.15, 0.2) is 18.2 Å². The molecule has 0 heterocycles. The van der Waals surface area contributed by atoms with Gasteiger partial charge in [0.05, 0.1) is 0 Å². The number of hydrogen-bond acceptors (Lipinski definition) is 0. The Morgan fingerprint density at radius 3 is 1.89 bits per heavy atom. The number of hydrogen-bond donors (Lipinski definition) is 0. The Labute approximate surface area is 52.9 Å². The van der Waals surface area contributed by atoms with Gasteiger partial charge in [0.1, 0.15) is 19.5 Å². The monoisotopic (exact) mass is 126 g/mol. The molecule has 0 bridgehead atoms. The summed E-state index contributed by atoms with van der Waals surface area (Å²) in [6, 6.07) is 3.81. The highest BCUT2D eigenvalue weighted by Crippen LogP contribution is 1.95. The standard InChI is InChI=1S/C6H5BF2/c7-6-4(8)2-1-3-5(6)9/h1-3H,7H2. The molecule has 3 heteroatoms. The van der Waals surface area contributed by atoms with Crippen molar-refractivity contribution in [2.75, 3.05) is 0 Å². The highest BCUT2D eigenvalue weighted by Gasteiger charge is 1.99. The minimum atomic E-state index is -0.491. The molecular weight excluding hydrogens is 121 g/mol. The molecule has 1 aromatic rings. The van der Waals surface area contributed by atoms with Crippen LogP contribution in [0.5, 0.6) is 0 Å². The third-order valence-corrected chi connectivity index (χ3v) is 1.20. The first-order chi connectivity index (χ1) is 4.22.